The van der Waals surface area contributed by atoms with Crippen molar-refractivity contribution in [3.8, 4) is 0 Å². The molecule has 0 aliphatic rings. The number of aromatic carboxylic acids is 1. The quantitative estimate of drug-likeness (QED) is 0.500. The van der Waals surface area contributed by atoms with Gasteiger partial charge in [-0.15, -0.1) is 11.8 Å². The predicted molar refractivity (Wildman–Crippen MR) is 80.9 cm³/mol. The number of nitrogens with zero attached hydrogens (tertiary/aromatic N) is 1. The van der Waals surface area contributed by atoms with Crippen LogP contribution in [0.15, 0.2) is 53.4 Å². The highest BCUT2D eigenvalue weighted by atomic mass is 32.2. The van der Waals surface area contributed by atoms with Crippen LogP contribution in [0.4, 0.5) is 5.69 Å². The third-order valence-electron chi connectivity index (χ3n) is 2.89. The second-order valence-electron chi connectivity index (χ2n) is 4.36. The average molecular weight is 303 g/mol. The maximum atomic E-state index is 10.9. The van der Waals surface area contributed by atoms with Crippen molar-refractivity contribution in [2.45, 2.75) is 11.3 Å². The fourth-order valence-electron chi connectivity index (χ4n) is 1.79. The van der Waals surface area contributed by atoms with Gasteiger partial charge in [0.05, 0.1) is 10.5 Å². The number of benzene rings is 2. The normalized spacial score (nSPS) is 10.3. The lowest BCUT2D eigenvalue weighted by atomic mass is 10.1. The van der Waals surface area contributed by atoms with E-state index < -0.39 is 10.9 Å². The molecule has 0 aliphatic heterocycles. The van der Waals surface area contributed by atoms with Crippen LogP contribution in [0.3, 0.4) is 0 Å². The van der Waals surface area contributed by atoms with Gasteiger partial charge >= 0.3 is 5.97 Å². The Morgan fingerprint density at radius 1 is 1.19 bits per heavy atom. The number of rotatable bonds is 6. The van der Waals surface area contributed by atoms with Gasteiger partial charge in [-0.25, -0.2) is 4.79 Å². The monoisotopic (exact) mass is 303 g/mol. The van der Waals surface area contributed by atoms with Gasteiger partial charge < -0.3 is 5.11 Å². The minimum absolute atomic E-state index is 0.0839. The summed E-state index contributed by atoms with van der Waals surface area (Å²) in [5.74, 6) is -0.159. The molecule has 0 saturated carbocycles. The largest absolute Gasteiger partial charge is 0.478 e. The molecule has 0 heterocycles. The molecule has 108 valence electrons. The van der Waals surface area contributed by atoms with E-state index in [2.05, 4.69) is 0 Å². The highest BCUT2D eigenvalue weighted by molar-refractivity contribution is 7.99. The second-order valence-corrected chi connectivity index (χ2v) is 5.52. The first-order valence-corrected chi connectivity index (χ1v) is 7.24. The molecule has 0 aliphatic carbocycles. The lowest BCUT2D eigenvalue weighted by Crippen LogP contribution is -1.96. The molecule has 2 aromatic rings. The summed E-state index contributed by atoms with van der Waals surface area (Å²) in [5, 5.41) is 19.5. The molecule has 0 amide bonds. The number of hydrogen-bond acceptors (Lipinski definition) is 4. The third-order valence-corrected chi connectivity index (χ3v) is 3.88. The molecule has 21 heavy (non-hydrogen) atoms. The predicted octanol–water partition coefficient (Wildman–Crippen LogP) is 3.63. The molecular weight excluding hydrogens is 290 g/mol. The Bertz CT molecular complexity index is 655. The molecule has 0 unspecified atom stereocenters. The highest BCUT2D eigenvalue weighted by Crippen LogP contribution is 2.21. The van der Waals surface area contributed by atoms with Crippen LogP contribution in [0.5, 0.6) is 0 Å². The minimum atomic E-state index is -0.937. The van der Waals surface area contributed by atoms with Crippen molar-refractivity contribution >= 4 is 23.4 Å². The second kappa shape index (κ2) is 6.90. The standard InChI is InChI=1S/C15H13NO4S/c17-15(18)12-2-1-3-14(10-12)21-9-8-11-4-6-13(7-5-11)16(19)20/h1-7,10H,8-9H2,(H,17,18). The SMILES string of the molecule is O=C(O)c1cccc(SCCc2ccc([N+](=O)[O-])cc2)c1. The number of carboxylic acids is 1. The van der Waals surface area contributed by atoms with E-state index in [0.29, 0.717) is 0 Å². The summed E-state index contributed by atoms with van der Waals surface area (Å²) < 4.78 is 0. The minimum Gasteiger partial charge on any atom is -0.478 e. The Morgan fingerprint density at radius 2 is 1.90 bits per heavy atom. The van der Waals surface area contributed by atoms with Crippen molar-refractivity contribution in [2.75, 3.05) is 5.75 Å². The summed E-state index contributed by atoms with van der Waals surface area (Å²) in [7, 11) is 0. The zero-order chi connectivity index (χ0) is 15.2. The maximum absolute atomic E-state index is 10.9. The van der Waals surface area contributed by atoms with Crippen LogP contribution in [-0.2, 0) is 6.42 Å². The van der Waals surface area contributed by atoms with E-state index in [4.69, 9.17) is 5.11 Å². The smallest absolute Gasteiger partial charge is 0.335 e. The third kappa shape index (κ3) is 4.32. The van der Waals surface area contributed by atoms with E-state index in [0.717, 1.165) is 22.6 Å². The number of nitro benzene ring substituents is 1. The van der Waals surface area contributed by atoms with E-state index >= 15 is 0 Å². The van der Waals surface area contributed by atoms with E-state index in [1.165, 1.54) is 12.1 Å². The highest BCUT2D eigenvalue weighted by Gasteiger charge is 2.05. The van der Waals surface area contributed by atoms with Crippen molar-refractivity contribution < 1.29 is 14.8 Å². The summed E-state index contributed by atoms with van der Waals surface area (Å²) >= 11 is 1.56. The Balaban J connectivity index is 1.90. The number of carbonyl (C=O) groups is 1. The number of hydrogen-bond donors (Lipinski definition) is 1. The van der Waals surface area contributed by atoms with Gasteiger partial charge in [-0.05, 0) is 30.2 Å². The molecule has 1 N–H and O–H groups in total. The lowest BCUT2D eigenvalue weighted by Gasteiger charge is -2.03. The first-order chi connectivity index (χ1) is 10.1. The molecule has 0 atom stereocenters. The van der Waals surface area contributed by atoms with E-state index in [-0.39, 0.29) is 11.3 Å². The Hall–Kier alpha value is -2.34. The van der Waals surface area contributed by atoms with Crippen molar-refractivity contribution in [3.05, 3.63) is 69.8 Å². The summed E-state index contributed by atoms with van der Waals surface area (Å²) in [5.41, 5.74) is 1.37. The molecule has 0 bridgehead atoms. The zero-order valence-corrected chi connectivity index (χ0v) is 11.9. The molecule has 5 nitrogen and oxygen atoms in total. The summed E-state index contributed by atoms with van der Waals surface area (Å²) in [6.07, 6.45) is 0.764. The van der Waals surface area contributed by atoms with E-state index in [9.17, 15) is 14.9 Å². The topological polar surface area (TPSA) is 80.4 Å². The summed E-state index contributed by atoms with van der Waals surface area (Å²) in [6.45, 7) is 0. The van der Waals surface area contributed by atoms with Crippen LogP contribution >= 0.6 is 11.8 Å². The van der Waals surface area contributed by atoms with Crippen LogP contribution in [0, 0.1) is 10.1 Å². The summed E-state index contributed by atoms with van der Waals surface area (Å²) in [6, 6.07) is 13.3. The number of non-ortho nitro benzene ring substituents is 1. The van der Waals surface area contributed by atoms with E-state index in [1.807, 2.05) is 6.07 Å². The van der Waals surface area contributed by atoms with Crippen molar-refractivity contribution in [1.82, 2.24) is 0 Å². The van der Waals surface area contributed by atoms with Gasteiger partial charge in [0.25, 0.3) is 5.69 Å². The van der Waals surface area contributed by atoms with Gasteiger partial charge in [0.1, 0.15) is 0 Å². The molecule has 2 aromatic carbocycles. The van der Waals surface area contributed by atoms with Crippen molar-refractivity contribution in [2.24, 2.45) is 0 Å². The Morgan fingerprint density at radius 3 is 2.52 bits per heavy atom. The van der Waals surface area contributed by atoms with Gasteiger partial charge in [-0.1, -0.05) is 18.2 Å². The Kier molecular flexibility index (Phi) is 4.94. The van der Waals surface area contributed by atoms with Gasteiger partial charge in [0.2, 0.25) is 0 Å². The fourth-order valence-corrected chi connectivity index (χ4v) is 2.75. The number of carboxylic acid groups (broad SMARTS) is 1. The molecule has 0 fully saturated rings. The maximum Gasteiger partial charge on any atom is 0.335 e. The molecular formula is C15H13NO4S. The molecule has 6 heteroatoms. The van der Waals surface area contributed by atoms with Crippen molar-refractivity contribution in [3.63, 3.8) is 0 Å². The Labute approximate surface area is 125 Å². The van der Waals surface area contributed by atoms with Crippen LogP contribution < -0.4 is 0 Å². The van der Waals surface area contributed by atoms with Gasteiger partial charge in [-0.3, -0.25) is 10.1 Å². The first-order valence-electron chi connectivity index (χ1n) is 6.26. The van der Waals surface area contributed by atoms with Crippen LogP contribution in [-0.4, -0.2) is 21.8 Å². The average Bonchev–Trinajstić information content (AvgIpc) is 2.48. The van der Waals surface area contributed by atoms with Gasteiger partial charge in [0, 0.05) is 22.8 Å². The molecule has 0 spiro atoms. The van der Waals surface area contributed by atoms with Gasteiger partial charge in [0.15, 0.2) is 0 Å². The van der Waals surface area contributed by atoms with E-state index in [1.54, 1.807) is 42.1 Å². The molecule has 0 radical (unpaired) electrons. The number of nitro groups is 1. The summed E-state index contributed by atoms with van der Waals surface area (Å²) in [4.78, 5) is 21.9. The molecule has 2 rings (SSSR count). The lowest BCUT2D eigenvalue weighted by molar-refractivity contribution is -0.384. The molecule has 0 aromatic heterocycles. The first kappa shape index (κ1) is 15.1. The number of aryl methyl sites for hydroxylation is 1. The number of thioether (sulfide) groups is 1. The van der Waals surface area contributed by atoms with Crippen LogP contribution in [0.25, 0.3) is 0 Å². The zero-order valence-electron chi connectivity index (χ0n) is 11.1. The van der Waals surface area contributed by atoms with Crippen LogP contribution in [0.1, 0.15) is 15.9 Å². The van der Waals surface area contributed by atoms with Crippen LogP contribution in [0.2, 0.25) is 0 Å². The van der Waals surface area contributed by atoms with Crippen molar-refractivity contribution in [1.29, 1.82) is 0 Å². The van der Waals surface area contributed by atoms with Gasteiger partial charge in [-0.2, -0.15) is 0 Å². The molecule has 0 saturated heterocycles. The fraction of sp³-hybridized carbons (Fsp3) is 0.133.